The van der Waals surface area contributed by atoms with Crippen LogP contribution >= 0.6 is 15.9 Å². The van der Waals surface area contributed by atoms with Gasteiger partial charge >= 0.3 is 10.1 Å². The van der Waals surface area contributed by atoms with Crippen molar-refractivity contribution in [3.8, 4) is 23.0 Å². The molecular formula is C25H21BrO7S. The van der Waals surface area contributed by atoms with Gasteiger partial charge in [0.2, 0.25) is 0 Å². The van der Waals surface area contributed by atoms with Crippen molar-refractivity contribution in [1.82, 2.24) is 0 Å². The number of fused-ring (bicyclic) bond motifs is 4. The minimum Gasteiger partial charge on any atom is -0.493 e. The van der Waals surface area contributed by atoms with Crippen molar-refractivity contribution < 1.29 is 31.5 Å². The van der Waals surface area contributed by atoms with E-state index in [-0.39, 0.29) is 16.6 Å². The van der Waals surface area contributed by atoms with Crippen molar-refractivity contribution in [3.05, 3.63) is 75.3 Å². The molecule has 0 radical (unpaired) electrons. The average molecular weight is 545 g/mol. The number of hydrogen-bond donors (Lipinski definition) is 0. The van der Waals surface area contributed by atoms with E-state index in [2.05, 4.69) is 15.9 Å². The number of benzene rings is 3. The van der Waals surface area contributed by atoms with Gasteiger partial charge in [-0.15, -0.1) is 0 Å². The molecule has 9 heteroatoms. The van der Waals surface area contributed by atoms with Gasteiger partial charge in [0, 0.05) is 33.2 Å². The Balaban J connectivity index is 1.86. The van der Waals surface area contributed by atoms with E-state index < -0.39 is 10.1 Å². The van der Waals surface area contributed by atoms with Gasteiger partial charge in [0.15, 0.2) is 28.8 Å². The van der Waals surface area contributed by atoms with Crippen molar-refractivity contribution in [2.24, 2.45) is 0 Å². The van der Waals surface area contributed by atoms with Crippen molar-refractivity contribution in [3.63, 3.8) is 0 Å². The molecule has 0 fully saturated rings. The standard InChI is InChI=1S/C25H21BrO7S/c1-29-18-9-15-16(10-19(18)30-2)25-24(23(15)13-5-7-14(26)8-6-13)17-11-20(31-3)21(32-4)12-22(17)34(27,28)33-25/h5-12,23H,1-4H3/t23-/m1/s1. The van der Waals surface area contributed by atoms with Crippen LogP contribution < -0.4 is 18.9 Å². The van der Waals surface area contributed by atoms with Crippen molar-refractivity contribution in [1.29, 1.82) is 0 Å². The molecule has 0 bridgehead atoms. The molecule has 0 N–H and O–H groups in total. The summed E-state index contributed by atoms with van der Waals surface area (Å²) in [6.07, 6.45) is 0. The lowest BCUT2D eigenvalue weighted by Gasteiger charge is -2.25. The Labute approximate surface area is 206 Å². The second-order valence-corrected chi connectivity index (χ2v) is 10.2. The number of rotatable bonds is 5. The van der Waals surface area contributed by atoms with E-state index in [9.17, 15) is 8.42 Å². The fourth-order valence-corrected chi connectivity index (χ4v) is 6.01. The van der Waals surface area contributed by atoms with Gasteiger partial charge in [-0.3, -0.25) is 0 Å². The zero-order valence-electron chi connectivity index (χ0n) is 18.8. The molecule has 0 aromatic heterocycles. The predicted octanol–water partition coefficient (Wildman–Crippen LogP) is 5.22. The fraction of sp³-hybridized carbons (Fsp3) is 0.200. The lowest BCUT2D eigenvalue weighted by Crippen LogP contribution is -2.15. The van der Waals surface area contributed by atoms with E-state index >= 15 is 0 Å². The van der Waals surface area contributed by atoms with Crippen molar-refractivity contribution in [2.45, 2.75) is 10.8 Å². The monoisotopic (exact) mass is 544 g/mol. The lowest BCUT2D eigenvalue weighted by molar-refractivity contribution is 0.353. The molecule has 0 saturated heterocycles. The molecular weight excluding hydrogens is 524 g/mol. The maximum atomic E-state index is 13.2. The Morgan fingerprint density at radius 1 is 0.765 bits per heavy atom. The zero-order chi connectivity index (χ0) is 24.2. The summed E-state index contributed by atoms with van der Waals surface area (Å²) in [6.45, 7) is 0. The molecule has 2 aliphatic rings. The van der Waals surface area contributed by atoms with Gasteiger partial charge in [-0.05, 0) is 41.5 Å². The SMILES string of the molecule is COc1cc2c(cc1OC)[C@@H](c1ccc(Br)cc1)C1=C2OS(=O)(=O)c2cc(OC)c(OC)cc21. The second kappa shape index (κ2) is 8.25. The van der Waals surface area contributed by atoms with Gasteiger partial charge in [0.25, 0.3) is 0 Å². The third-order valence-corrected chi connectivity index (χ3v) is 7.88. The number of hydrogen-bond acceptors (Lipinski definition) is 7. The van der Waals surface area contributed by atoms with E-state index in [0.29, 0.717) is 34.1 Å². The predicted molar refractivity (Wildman–Crippen MR) is 130 cm³/mol. The summed E-state index contributed by atoms with van der Waals surface area (Å²) in [4.78, 5) is 0.0257. The topological polar surface area (TPSA) is 80.3 Å². The minimum atomic E-state index is -4.12. The third kappa shape index (κ3) is 3.33. The molecule has 176 valence electrons. The molecule has 1 aliphatic heterocycles. The maximum Gasteiger partial charge on any atom is 0.340 e. The summed E-state index contributed by atoms with van der Waals surface area (Å²) in [5.41, 5.74) is 3.66. The van der Waals surface area contributed by atoms with Gasteiger partial charge in [-0.25, -0.2) is 0 Å². The number of halogens is 1. The summed E-state index contributed by atoms with van der Waals surface area (Å²) in [6, 6.07) is 14.6. The molecule has 0 spiro atoms. The fourth-order valence-electron chi connectivity index (χ4n) is 4.56. The van der Waals surface area contributed by atoms with Gasteiger partial charge < -0.3 is 23.1 Å². The van der Waals surface area contributed by atoms with Crippen LogP contribution in [0.15, 0.2) is 57.9 Å². The van der Waals surface area contributed by atoms with E-state index in [1.165, 1.54) is 27.4 Å². The van der Waals surface area contributed by atoms with Crippen LogP contribution in [0.5, 0.6) is 23.0 Å². The van der Waals surface area contributed by atoms with Crippen LogP contribution in [0.1, 0.15) is 28.2 Å². The molecule has 1 atom stereocenters. The van der Waals surface area contributed by atoms with E-state index in [1.54, 1.807) is 19.2 Å². The smallest absolute Gasteiger partial charge is 0.340 e. The van der Waals surface area contributed by atoms with Gasteiger partial charge in [0.1, 0.15) is 4.90 Å². The molecule has 0 unspecified atom stereocenters. The molecule has 1 heterocycles. The molecule has 5 rings (SSSR count). The van der Waals surface area contributed by atoms with Crippen LogP contribution in [-0.4, -0.2) is 36.9 Å². The third-order valence-electron chi connectivity index (χ3n) is 6.09. The van der Waals surface area contributed by atoms with Crippen molar-refractivity contribution >= 4 is 37.4 Å². The molecule has 1 aliphatic carbocycles. The maximum absolute atomic E-state index is 13.2. The molecule has 3 aromatic carbocycles. The highest BCUT2D eigenvalue weighted by molar-refractivity contribution is 9.10. The lowest BCUT2D eigenvalue weighted by atomic mass is 9.85. The van der Waals surface area contributed by atoms with Gasteiger partial charge in [-0.1, -0.05) is 28.1 Å². The Kier molecular flexibility index (Phi) is 5.49. The molecule has 0 amide bonds. The van der Waals surface area contributed by atoms with E-state index in [4.69, 9.17) is 23.1 Å². The quantitative estimate of drug-likeness (QED) is 0.407. The van der Waals surface area contributed by atoms with Crippen LogP contribution in [0.4, 0.5) is 0 Å². The number of allylic oxidation sites excluding steroid dienone is 1. The summed E-state index contributed by atoms with van der Waals surface area (Å²) >= 11 is 3.49. The summed E-state index contributed by atoms with van der Waals surface area (Å²) in [7, 11) is 1.95. The van der Waals surface area contributed by atoms with Crippen LogP contribution in [0.2, 0.25) is 0 Å². The highest BCUT2D eigenvalue weighted by Crippen LogP contribution is 2.57. The van der Waals surface area contributed by atoms with Crippen LogP contribution in [0, 0.1) is 0 Å². The number of methoxy groups -OCH3 is 4. The van der Waals surface area contributed by atoms with Crippen LogP contribution in [-0.2, 0) is 14.3 Å². The molecule has 34 heavy (non-hydrogen) atoms. The van der Waals surface area contributed by atoms with Crippen molar-refractivity contribution in [2.75, 3.05) is 28.4 Å². The van der Waals surface area contributed by atoms with Crippen LogP contribution in [0.25, 0.3) is 11.3 Å². The second-order valence-electron chi connectivity index (χ2n) is 7.76. The summed E-state index contributed by atoms with van der Waals surface area (Å²) in [5, 5.41) is 0. The Hall–Kier alpha value is -3.17. The first-order valence-corrected chi connectivity index (χ1v) is 12.5. The summed E-state index contributed by atoms with van der Waals surface area (Å²) < 4.78 is 55.0. The minimum absolute atomic E-state index is 0.0257. The highest BCUT2D eigenvalue weighted by atomic mass is 79.9. The highest BCUT2D eigenvalue weighted by Gasteiger charge is 2.44. The van der Waals surface area contributed by atoms with Gasteiger partial charge in [0.05, 0.1) is 28.4 Å². The zero-order valence-corrected chi connectivity index (χ0v) is 21.2. The Morgan fingerprint density at radius 2 is 1.29 bits per heavy atom. The van der Waals surface area contributed by atoms with E-state index in [0.717, 1.165) is 21.2 Å². The average Bonchev–Trinajstić information content (AvgIpc) is 3.15. The molecule has 7 nitrogen and oxygen atoms in total. The summed E-state index contributed by atoms with van der Waals surface area (Å²) in [5.74, 6) is 1.69. The van der Waals surface area contributed by atoms with Gasteiger partial charge in [-0.2, -0.15) is 8.42 Å². The largest absolute Gasteiger partial charge is 0.493 e. The van der Waals surface area contributed by atoms with Crippen LogP contribution in [0.3, 0.4) is 0 Å². The first-order valence-electron chi connectivity index (χ1n) is 10.3. The molecule has 3 aromatic rings. The Morgan fingerprint density at radius 3 is 1.88 bits per heavy atom. The first-order chi connectivity index (χ1) is 16.3. The normalized spacial score (nSPS) is 17.3. The first kappa shape index (κ1) is 22.6. The van der Waals surface area contributed by atoms with E-state index in [1.807, 2.05) is 30.3 Å². The molecule has 0 saturated carbocycles. The number of ether oxygens (including phenoxy) is 4. The Bertz CT molecular complexity index is 1440.